The third kappa shape index (κ3) is 7.67. The van der Waals surface area contributed by atoms with Crippen LogP contribution in [0.25, 0.3) is 0 Å². The number of guanidine groups is 1. The van der Waals surface area contributed by atoms with Gasteiger partial charge in [0.2, 0.25) is 0 Å². The van der Waals surface area contributed by atoms with Gasteiger partial charge in [-0.15, -0.1) is 35.3 Å². The van der Waals surface area contributed by atoms with Crippen LogP contribution >= 0.6 is 35.3 Å². The van der Waals surface area contributed by atoms with Crippen LogP contribution in [0.15, 0.2) is 21.3 Å². The van der Waals surface area contributed by atoms with Crippen LogP contribution in [-0.4, -0.2) is 65.1 Å². The van der Waals surface area contributed by atoms with Crippen LogP contribution in [0.5, 0.6) is 0 Å². The topological polar surface area (TPSA) is 83.0 Å². The molecule has 0 saturated carbocycles. The molecule has 7 nitrogen and oxygen atoms in total. The summed E-state index contributed by atoms with van der Waals surface area (Å²) in [5, 5.41) is 6.46. The third-order valence-corrected chi connectivity index (χ3v) is 7.29. The van der Waals surface area contributed by atoms with Crippen LogP contribution in [-0.2, 0) is 21.2 Å². The summed E-state index contributed by atoms with van der Waals surface area (Å²) in [5.41, 5.74) is 0. The largest absolute Gasteiger partial charge is 0.383 e. The molecule has 2 N–H and O–H groups in total. The minimum absolute atomic E-state index is 0. The summed E-state index contributed by atoms with van der Waals surface area (Å²) in [5.74, 6) is 0.706. The van der Waals surface area contributed by atoms with Crippen molar-refractivity contribution in [3.63, 3.8) is 0 Å². The molecule has 1 unspecified atom stereocenters. The van der Waals surface area contributed by atoms with E-state index in [2.05, 4.69) is 15.6 Å². The Balaban J connectivity index is 0.00000625. The van der Waals surface area contributed by atoms with Gasteiger partial charge in [-0.3, -0.25) is 4.99 Å². The molecule has 0 bridgehead atoms. The number of sulfonamides is 1. The van der Waals surface area contributed by atoms with Crippen molar-refractivity contribution in [3.8, 4) is 0 Å². The number of rotatable bonds is 10. The zero-order chi connectivity index (χ0) is 18.9. The Kier molecular flexibility index (Phi) is 12.7. The quantitative estimate of drug-likeness (QED) is 0.282. The second-order valence-corrected chi connectivity index (χ2v) is 8.89. The highest BCUT2D eigenvalue weighted by molar-refractivity contribution is 14.0. The van der Waals surface area contributed by atoms with Crippen LogP contribution in [0, 0.1) is 0 Å². The van der Waals surface area contributed by atoms with Crippen LogP contribution in [0.3, 0.4) is 0 Å². The highest BCUT2D eigenvalue weighted by Gasteiger charge is 2.23. The lowest BCUT2D eigenvalue weighted by atomic mass is 10.3. The number of nitrogens with zero attached hydrogens (tertiary/aromatic N) is 2. The summed E-state index contributed by atoms with van der Waals surface area (Å²) < 4.78 is 32.0. The van der Waals surface area contributed by atoms with Gasteiger partial charge in [0.25, 0.3) is 10.0 Å². The first-order chi connectivity index (χ1) is 11.9. The summed E-state index contributed by atoms with van der Waals surface area (Å²) >= 11 is 1.33. The van der Waals surface area contributed by atoms with E-state index in [1.807, 2.05) is 26.8 Å². The van der Waals surface area contributed by atoms with Crippen molar-refractivity contribution in [1.82, 2.24) is 14.9 Å². The molecule has 0 spiro atoms. The number of hydrogen-bond acceptors (Lipinski definition) is 5. The molecule has 0 saturated heterocycles. The van der Waals surface area contributed by atoms with E-state index in [0.717, 1.165) is 11.3 Å². The summed E-state index contributed by atoms with van der Waals surface area (Å²) in [6.07, 6.45) is 0.734. The van der Waals surface area contributed by atoms with E-state index < -0.39 is 10.0 Å². The van der Waals surface area contributed by atoms with Crippen molar-refractivity contribution < 1.29 is 13.2 Å². The lowest BCUT2D eigenvalue weighted by molar-refractivity contribution is 0.179. The molecule has 0 aliphatic rings. The molecule has 0 aliphatic heterocycles. The molecule has 0 fully saturated rings. The number of nitrogens with one attached hydrogen (secondary N) is 2. The predicted octanol–water partition coefficient (Wildman–Crippen LogP) is 2.14. The van der Waals surface area contributed by atoms with Crippen molar-refractivity contribution in [2.24, 2.45) is 4.99 Å². The smallest absolute Gasteiger partial charge is 0.252 e. The van der Waals surface area contributed by atoms with Crippen LogP contribution in [0.4, 0.5) is 0 Å². The van der Waals surface area contributed by atoms with E-state index in [0.29, 0.717) is 36.4 Å². The first-order valence-electron chi connectivity index (χ1n) is 8.43. The molecule has 0 aliphatic carbocycles. The van der Waals surface area contributed by atoms with E-state index >= 15 is 0 Å². The van der Waals surface area contributed by atoms with E-state index in [-0.39, 0.29) is 30.0 Å². The predicted molar refractivity (Wildman–Crippen MR) is 119 cm³/mol. The number of ether oxygens (including phenoxy) is 1. The first-order valence-corrected chi connectivity index (χ1v) is 10.7. The molecule has 1 heterocycles. The van der Waals surface area contributed by atoms with Gasteiger partial charge in [0, 0.05) is 44.7 Å². The number of halogens is 1. The molecule has 0 amide bonds. The molecular weight excluding hydrogens is 487 g/mol. The Hall–Kier alpha value is -0.430. The van der Waals surface area contributed by atoms with Crippen molar-refractivity contribution >= 4 is 51.3 Å². The lowest BCUT2D eigenvalue weighted by Crippen LogP contribution is -2.44. The number of thiophene rings is 1. The van der Waals surface area contributed by atoms with Gasteiger partial charge in [-0.1, -0.05) is 13.8 Å². The Morgan fingerprint density at radius 1 is 1.35 bits per heavy atom. The maximum Gasteiger partial charge on any atom is 0.252 e. The maximum atomic E-state index is 12.5. The molecule has 1 rings (SSSR count). The Morgan fingerprint density at radius 3 is 2.54 bits per heavy atom. The van der Waals surface area contributed by atoms with E-state index in [1.54, 1.807) is 20.2 Å². The molecule has 0 aromatic carbocycles. The van der Waals surface area contributed by atoms with Gasteiger partial charge in [-0.05, 0) is 25.5 Å². The first kappa shape index (κ1) is 25.6. The fourth-order valence-corrected chi connectivity index (χ4v) is 5.31. The van der Waals surface area contributed by atoms with Crippen molar-refractivity contribution in [1.29, 1.82) is 0 Å². The fourth-order valence-electron chi connectivity index (χ4n) is 2.35. The minimum atomic E-state index is -3.37. The normalized spacial score (nSPS) is 13.4. The molecule has 0 radical (unpaired) electrons. The van der Waals surface area contributed by atoms with Crippen molar-refractivity contribution in [2.75, 3.05) is 40.4 Å². The van der Waals surface area contributed by atoms with Crippen LogP contribution < -0.4 is 10.6 Å². The second kappa shape index (κ2) is 12.9. The minimum Gasteiger partial charge on any atom is -0.383 e. The number of aliphatic imine (C=N–C) groups is 1. The van der Waals surface area contributed by atoms with E-state index in [4.69, 9.17) is 4.74 Å². The summed E-state index contributed by atoms with van der Waals surface area (Å²) in [6.45, 7) is 7.94. The molecule has 10 heteroatoms. The fraction of sp³-hybridized carbons (Fsp3) is 0.688. The number of methoxy groups -OCH3 is 1. The van der Waals surface area contributed by atoms with Crippen molar-refractivity contribution in [3.05, 3.63) is 17.0 Å². The average Bonchev–Trinajstić information content (AvgIpc) is 3.04. The maximum absolute atomic E-state index is 12.5. The summed E-state index contributed by atoms with van der Waals surface area (Å²) in [6, 6.07) is 3.73. The van der Waals surface area contributed by atoms with Crippen molar-refractivity contribution in [2.45, 2.75) is 37.4 Å². The molecule has 26 heavy (non-hydrogen) atoms. The van der Waals surface area contributed by atoms with Crippen LogP contribution in [0.1, 0.15) is 25.6 Å². The third-order valence-electron chi connectivity index (χ3n) is 3.62. The average molecular weight is 518 g/mol. The SMILES string of the molecule is CCN(CC)S(=O)(=O)c1ccc(CCNC(=NC)NC(C)COC)s1.I. The second-order valence-electron chi connectivity index (χ2n) is 5.56. The van der Waals surface area contributed by atoms with E-state index in [1.165, 1.54) is 15.6 Å². The van der Waals surface area contributed by atoms with Gasteiger partial charge in [0.1, 0.15) is 4.21 Å². The monoisotopic (exact) mass is 518 g/mol. The summed E-state index contributed by atoms with van der Waals surface area (Å²) in [7, 11) is 0.0116. The molecule has 1 atom stereocenters. The Morgan fingerprint density at radius 2 is 2.00 bits per heavy atom. The molecule has 1 aromatic heterocycles. The molecule has 1 aromatic rings. The lowest BCUT2D eigenvalue weighted by Gasteiger charge is -2.17. The molecule has 152 valence electrons. The van der Waals surface area contributed by atoms with Gasteiger partial charge in [-0.25, -0.2) is 8.42 Å². The Bertz CT molecular complexity index is 646. The van der Waals surface area contributed by atoms with Gasteiger partial charge < -0.3 is 15.4 Å². The van der Waals surface area contributed by atoms with Gasteiger partial charge in [0.15, 0.2) is 5.96 Å². The highest BCUT2D eigenvalue weighted by Crippen LogP contribution is 2.25. The van der Waals surface area contributed by atoms with Gasteiger partial charge in [0.05, 0.1) is 6.61 Å². The Labute approximate surface area is 178 Å². The van der Waals surface area contributed by atoms with Gasteiger partial charge in [-0.2, -0.15) is 4.31 Å². The number of hydrogen-bond donors (Lipinski definition) is 2. The zero-order valence-corrected chi connectivity index (χ0v) is 20.1. The summed E-state index contributed by atoms with van der Waals surface area (Å²) in [4.78, 5) is 5.20. The standard InChI is InChI=1S/C16H30N4O3S2.HI/c1-6-20(7-2)25(21,22)15-9-8-14(24-15)10-11-18-16(17-4)19-13(3)12-23-5;/h8-9,13H,6-7,10-12H2,1-5H3,(H2,17,18,19);1H. The molecular formula is C16H31IN4O3S2. The van der Waals surface area contributed by atoms with Gasteiger partial charge >= 0.3 is 0 Å². The van der Waals surface area contributed by atoms with Crippen LogP contribution in [0.2, 0.25) is 0 Å². The van der Waals surface area contributed by atoms with E-state index in [9.17, 15) is 8.42 Å². The zero-order valence-electron chi connectivity index (χ0n) is 16.1. The highest BCUT2D eigenvalue weighted by atomic mass is 127.